The Hall–Kier alpha value is -2.14. The molecule has 116 valence electrons. The van der Waals surface area contributed by atoms with E-state index in [2.05, 4.69) is 5.32 Å². The summed E-state index contributed by atoms with van der Waals surface area (Å²) < 4.78 is 16.7. The Morgan fingerprint density at radius 3 is 2.64 bits per heavy atom. The number of carbonyl (C=O) groups excluding carboxylic acids is 1. The topological polar surface area (TPSA) is 55.4 Å². The molecule has 0 aliphatic carbocycles. The summed E-state index contributed by atoms with van der Waals surface area (Å²) in [4.78, 5) is 12.1. The largest absolute Gasteiger partial charge is 0.492 e. The van der Waals surface area contributed by atoms with E-state index in [-0.39, 0.29) is 5.91 Å². The van der Waals surface area contributed by atoms with Crippen molar-refractivity contribution in [3.8, 4) is 5.75 Å². The summed E-state index contributed by atoms with van der Waals surface area (Å²) in [6.07, 6.45) is 1.65. The minimum Gasteiger partial charge on any atom is -0.492 e. The lowest BCUT2D eigenvalue weighted by Crippen LogP contribution is -2.28. The number of nitrogens with one attached hydrogen (secondary N) is 1. The number of hydrogen-bond donors (Lipinski definition) is 1. The summed E-state index contributed by atoms with van der Waals surface area (Å²) >= 11 is 0. The molecule has 0 radical (unpaired) electrons. The molecule has 0 saturated heterocycles. The van der Waals surface area contributed by atoms with Crippen molar-refractivity contribution in [1.29, 1.82) is 0 Å². The third-order valence-electron chi connectivity index (χ3n) is 2.96. The van der Waals surface area contributed by atoms with E-state index in [1.54, 1.807) is 24.5 Å². The van der Waals surface area contributed by atoms with Gasteiger partial charge in [-0.05, 0) is 29.8 Å². The molecule has 0 aliphatic rings. The average Bonchev–Trinajstić information content (AvgIpc) is 2.52. The van der Waals surface area contributed by atoms with Gasteiger partial charge in [0.2, 0.25) is 0 Å². The zero-order valence-electron chi connectivity index (χ0n) is 12.5. The number of carbonyl (C=O) groups is 1. The molecular formula is C17H19NO3S. The number of ether oxygens (including phenoxy) is 1. The number of amides is 1. The van der Waals surface area contributed by atoms with Crippen molar-refractivity contribution >= 4 is 16.7 Å². The predicted molar refractivity (Wildman–Crippen MR) is 88.5 cm³/mol. The van der Waals surface area contributed by atoms with Crippen LogP contribution in [0.25, 0.3) is 0 Å². The van der Waals surface area contributed by atoms with E-state index >= 15 is 0 Å². The van der Waals surface area contributed by atoms with Crippen LogP contribution in [0.3, 0.4) is 0 Å². The molecular weight excluding hydrogens is 298 g/mol. The minimum atomic E-state index is -0.918. The van der Waals surface area contributed by atoms with Gasteiger partial charge in [-0.2, -0.15) is 0 Å². The van der Waals surface area contributed by atoms with Gasteiger partial charge in [0.05, 0.1) is 6.54 Å². The van der Waals surface area contributed by atoms with E-state index in [9.17, 15) is 9.00 Å². The second-order valence-electron chi connectivity index (χ2n) is 4.84. The zero-order chi connectivity index (χ0) is 15.8. The quantitative estimate of drug-likeness (QED) is 0.798. The fourth-order valence-corrected chi connectivity index (χ4v) is 2.64. The van der Waals surface area contributed by atoms with Crippen LogP contribution in [0.2, 0.25) is 0 Å². The van der Waals surface area contributed by atoms with Gasteiger partial charge in [-0.1, -0.05) is 30.3 Å². The van der Waals surface area contributed by atoms with Gasteiger partial charge in [0.1, 0.15) is 12.4 Å². The van der Waals surface area contributed by atoms with Crippen LogP contribution in [0.4, 0.5) is 0 Å². The lowest BCUT2D eigenvalue weighted by Gasteiger charge is -2.08. The molecule has 5 heteroatoms. The summed E-state index contributed by atoms with van der Waals surface area (Å²) in [6.45, 7) is 0.839. The van der Waals surface area contributed by atoms with Crippen LogP contribution in [-0.2, 0) is 16.6 Å². The first-order valence-corrected chi connectivity index (χ1v) is 8.73. The average molecular weight is 317 g/mol. The Balaban J connectivity index is 1.81. The van der Waals surface area contributed by atoms with Crippen molar-refractivity contribution in [2.75, 3.05) is 19.4 Å². The van der Waals surface area contributed by atoms with Gasteiger partial charge in [0.25, 0.3) is 5.91 Å². The highest BCUT2D eigenvalue weighted by molar-refractivity contribution is 7.83. The molecule has 2 aromatic rings. The predicted octanol–water partition coefficient (Wildman–Crippen LogP) is 2.37. The van der Waals surface area contributed by atoms with E-state index in [0.717, 1.165) is 11.3 Å². The van der Waals surface area contributed by atoms with Crippen LogP contribution in [0.1, 0.15) is 15.9 Å². The molecule has 0 spiro atoms. The van der Waals surface area contributed by atoms with Crippen LogP contribution >= 0.6 is 0 Å². The maximum Gasteiger partial charge on any atom is 0.251 e. The van der Waals surface area contributed by atoms with Crippen molar-refractivity contribution in [3.63, 3.8) is 0 Å². The Labute approximate surface area is 133 Å². The fraction of sp³-hybridized carbons (Fsp3) is 0.235. The lowest BCUT2D eigenvalue weighted by atomic mass is 10.1. The fourth-order valence-electron chi connectivity index (χ4n) is 1.99. The Morgan fingerprint density at radius 2 is 1.91 bits per heavy atom. The zero-order valence-corrected chi connectivity index (χ0v) is 13.3. The molecule has 0 bridgehead atoms. The highest BCUT2D eigenvalue weighted by Crippen LogP contribution is 2.08. The van der Waals surface area contributed by atoms with E-state index in [0.29, 0.717) is 24.5 Å². The van der Waals surface area contributed by atoms with Crippen LogP contribution in [0.15, 0.2) is 54.6 Å². The first-order chi connectivity index (χ1) is 10.6. The molecule has 0 fully saturated rings. The smallest absolute Gasteiger partial charge is 0.251 e. The molecule has 1 atom stereocenters. The highest BCUT2D eigenvalue weighted by Gasteiger charge is 2.06. The Bertz CT molecular complexity index is 643. The number of benzene rings is 2. The molecule has 0 aromatic heterocycles. The van der Waals surface area contributed by atoms with Crippen LogP contribution < -0.4 is 10.1 Å². The molecule has 0 aliphatic heterocycles. The lowest BCUT2D eigenvalue weighted by molar-refractivity contribution is 0.0947. The first-order valence-electron chi connectivity index (χ1n) is 7.00. The Morgan fingerprint density at radius 1 is 1.14 bits per heavy atom. The summed E-state index contributed by atoms with van der Waals surface area (Å²) in [5.74, 6) is 1.09. The van der Waals surface area contributed by atoms with Crippen molar-refractivity contribution in [3.05, 3.63) is 65.7 Å². The van der Waals surface area contributed by atoms with Gasteiger partial charge in [0.15, 0.2) is 0 Å². The van der Waals surface area contributed by atoms with E-state index in [4.69, 9.17) is 4.74 Å². The third-order valence-corrected chi connectivity index (χ3v) is 3.70. The standard InChI is InChI=1S/C17H19NO3S/c1-22(20)13-14-6-5-7-15(12-14)17(19)18-10-11-21-16-8-3-2-4-9-16/h2-9,12H,10-11,13H2,1H3,(H,18,19). The van der Waals surface area contributed by atoms with Gasteiger partial charge >= 0.3 is 0 Å². The molecule has 2 aromatic carbocycles. The van der Waals surface area contributed by atoms with Crippen molar-refractivity contribution in [2.45, 2.75) is 5.75 Å². The number of rotatable bonds is 7. The van der Waals surface area contributed by atoms with Crippen LogP contribution in [-0.4, -0.2) is 29.5 Å². The summed E-state index contributed by atoms with van der Waals surface area (Å²) in [6, 6.07) is 16.7. The van der Waals surface area contributed by atoms with Gasteiger partial charge in [0, 0.05) is 28.4 Å². The van der Waals surface area contributed by atoms with Gasteiger partial charge < -0.3 is 10.1 Å². The maximum absolute atomic E-state index is 12.1. The minimum absolute atomic E-state index is 0.152. The molecule has 1 N–H and O–H groups in total. The molecule has 1 amide bonds. The third kappa shape index (κ3) is 5.33. The van der Waals surface area contributed by atoms with Gasteiger partial charge in [-0.15, -0.1) is 0 Å². The van der Waals surface area contributed by atoms with Crippen molar-refractivity contribution in [2.24, 2.45) is 0 Å². The van der Waals surface area contributed by atoms with E-state index in [1.807, 2.05) is 36.4 Å². The van der Waals surface area contributed by atoms with Crippen molar-refractivity contribution in [1.82, 2.24) is 5.32 Å². The second-order valence-corrected chi connectivity index (χ2v) is 6.27. The van der Waals surface area contributed by atoms with Gasteiger partial charge in [-0.3, -0.25) is 9.00 Å². The maximum atomic E-state index is 12.1. The Kier molecular flexibility index (Phi) is 6.15. The highest BCUT2D eigenvalue weighted by atomic mass is 32.2. The summed E-state index contributed by atoms with van der Waals surface area (Å²) in [5.41, 5.74) is 1.47. The number of para-hydroxylation sites is 1. The molecule has 1 unspecified atom stereocenters. The van der Waals surface area contributed by atoms with E-state index < -0.39 is 10.8 Å². The monoisotopic (exact) mass is 317 g/mol. The summed E-state index contributed by atoms with van der Waals surface area (Å²) in [5, 5.41) is 2.81. The van der Waals surface area contributed by atoms with E-state index in [1.165, 1.54) is 0 Å². The van der Waals surface area contributed by atoms with Crippen molar-refractivity contribution < 1.29 is 13.7 Å². The van der Waals surface area contributed by atoms with Crippen LogP contribution in [0.5, 0.6) is 5.75 Å². The van der Waals surface area contributed by atoms with Gasteiger partial charge in [-0.25, -0.2) is 0 Å². The van der Waals surface area contributed by atoms with Crippen LogP contribution in [0, 0.1) is 0 Å². The normalized spacial score (nSPS) is 11.7. The molecule has 2 rings (SSSR count). The molecule has 0 heterocycles. The SMILES string of the molecule is CS(=O)Cc1cccc(C(=O)NCCOc2ccccc2)c1. The molecule has 4 nitrogen and oxygen atoms in total. The summed E-state index contributed by atoms with van der Waals surface area (Å²) in [7, 11) is -0.918. The second kappa shape index (κ2) is 8.34. The first kappa shape index (κ1) is 16.2. The number of hydrogen-bond acceptors (Lipinski definition) is 3. The molecule has 0 saturated carbocycles. The molecule has 22 heavy (non-hydrogen) atoms.